The smallest absolute Gasteiger partial charge is 0.269 e. The summed E-state index contributed by atoms with van der Waals surface area (Å²) in [5.41, 5.74) is 5.39. The molecule has 0 bridgehead atoms. The third-order valence-corrected chi connectivity index (χ3v) is 6.29. The number of hydrogen-bond donors (Lipinski definition) is 1. The number of non-ortho nitro benzene ring substituents is 1. The topological polar surface area (TPSA) is 128 Å². The highest BCUT2D eigenvalue weighted by atomic mass is 79.9. The number of aromatic nitrogens is 4. The number of hydrogen-bond acceptors (Lipinski definition) is 8. The van der Waals surface area contributed by atoms with Gasteiger partial charge < -0.3 is 0 Å². The Morgan fingerprint density at radius 3 is 2.43 bits per heavy atom. The molecule has 2 aromatic carbocycles. The first-order valence-corrected chi connectivity index (χ1v) is 12.0. The van der Waals surface area contributed by atoms with Crippen LogP contribution in [0.2, 0.25) is 0 Å². The molecule has 0 aliphatic rings. The largest absolute Gasteiger partial charge is 0.272 e. The first kappa shape index (κ1) is 24.2. The fourth-order valence-electron chi connectivity index (χ4n) is 3.07. The third-order valence-electron chi connectivity index (χ3n) is 4.83. The number of nitro groups is 1. The van der Waals surface area contributed by atoms with Crippen LogP contribution in [0.1, 0.15) is 12.5 Å². The number of nitrogens with one attached hydrogen (secondary N) is 1. The molecule has 1 N–H and O–H groups in total. The Morgan fingerprint density at radius 2 is 1.77 bits per heavy atom. The Kier molecular flexibility index (Phi) is 7.63. The highest BCUT2D eigenvalue weighted by molar-refractivity contribution is 9.10. The fourth-order valence-corrected chi connectivity index (χ4v) is 4.08. The van der Waals surface area contributed by atoms with Crippen molar-refractivity contribution in [2.75, 3.05) is 5.75 Å². The van der Waals surface area contributed by atoms with Gasteiger partial charge in [0, 0.05) is 40.2 Å². The standard InChI is InChI=1S/C23H18BrN7O3S/c1-15(16-2-6-20(7-3-16)31(33)34)26-27-21(32)14-35-23-29-28-22(17-10-12-25-13-11-17)30(23)19-8-4-18(24)5-9-19/h2-13H,14H2,1H3,(H,27,32). The fraction of sp³-hybridized carbons (Fsp3) is 0.0870. The molecule has 0 saturated heterocycles. The molecule has 0 unspecified atom stereocenters. The lowest BCUT2D eigenvalue weighted by atomic mass is 10.1. The van der Waals surface area contributed by atoms with Crippen molar-refractivity contribution in [2.24, 2.45) is 5.10 Å². The Balaban J connectivity index is 1.48. The van der Waals surface area contributed by atoms with Crippen LogP contribution in [0.4, 0.5) is 5.69 Å². The van der Waals surface area contributed by atoms with Gasteiger partial charge in [0.25, 0.3) is 11.6 Å². The summed E-state index contributed by atoms with van der Waals surface area (Å²) in [6.45, 7) is 1.71. The minimum Gasteiger partial charge on any atom is -0.272 e. The molecule has 0 saturated carbocycles. The van der Waals surface area contributed by atoms with Crippen molar-refractivity contribution < 1.29 is 9.72 Å². The zero-order chi connectivity index (χ0) is 24.8. The van der Waals surface area contributed by atoms with Gasteiger partial charge in [-0.2, -0.15) is 5.10 Å². The molecule has 12 heteroatoms. The third kappa shape index (κ3) is 5.97. The van der Waals surface area contributed by atoms with Crippen molar-refractivity contribution in [2.45, 2.75) is 12.1 Å². The van der Waals surface area contributed by atoms with Crippen LogP contribution >= 0.6 is 27.7 Å². The molecule has 2 heterocycles. The van der Waals surface area contributed by atoms with Crippen LogP contribution in [0.3, 0.4) is 0 Å². The first-order valence-electron chi connectivity index (χ1n) is 10.2. The van der Waals surface area contributed by atoms with Crippen molar-refractivity contribution in [1.82, 2.24) is 25.2 Å². The molecule has 0 spiro atoms. The second-order valence-corrected chi connectivity index (χ2v) is 9.04. The molecule has 4 rings (SSSR count). The van der Waals surface area contributed by atoms with Crippen LogP contribution in [0.5, 0.6) is 0 Å². The maximum absolute atomic E-state index is 12.5. The molecule has 4 aromatic rings. The van der Waals surface area contributed by atoms with E-state index in [1.54, 1.807) is 31.5 Å². The molecular weight excluding hydrogens is 534 g/mol. The van der Waals surface area contributed by atoms with Crippen LogP contribution in [-0.4, -0.2) is 42.0 Å². The Morgan fingerprint density at radius 1 is 1.09 bits per heavy atom. The van der Waals surface area contributed by atoms with E-state index in [1.807, 2.05) is 41.0 Å². The van der Waals surface area contributed by atoms with Gasteiger partial charge in [-0.3, -0.25) is 24.5 Å². The highest BCUT2D eigenvalue weighted by Gasteiger charge is 2.17. The van der Waals surface area contributed by atoms with E-state index in [0.717, 1.165) is 15.7 Å². The molecule has 1 amide bonds. The highest BCUT2D eigenvalue weighted by Crippen LogP contribution is 2.28. The Labute approximate surface area is 212 Å². The summed E-state index contributed by atoms with van der Waals surface area (Å²) in [5.74, 6) is 0.360. The average Bonchev–Trinajstić information content (AvgIpc) is 3.31. The van der Waals surface area contributed by atoms with Gasteiger partial charge in [-0.1, -0.05) is 27.7 Å². The van der Waals surface area contributed by atoms with Crippen molar-refractivity contribution in [3.8, 4) is 17.1 Å². The average molecular weight is 552 g/mol. The van der Waals surface area contributed by atoms with E-state index in [9.17, 15) is 14.9 Å². The maximum Gasteiger partial charge on any atom is 0.269 e. The second kappa shape index (κ2) is 11.0. The van der Waals surface area contributed by atoms with Gasteiger partial charge in [-0.25, -0.2) is 5.43 Å². The molecule has 10 nitrogen and oxygen atoms in total. The van der Waals surface area contributed by atoms with E-state index in [-0.39, 0.29) is 17.3 Å². The number of rotatable bonds is 8. The number of nitro benzene ring substituents is 1. The lowest BCUT2D eigenvalue weighted by Gasteiger charge is -2.10. The number of carbonyl (C=O) groups is 1. The van der Waals surface area contributed by atoms with Gasteiger partial charge in [0.05, 0.1) is 16.4 Å². The normalized spacial score (nSPS) is 11.3. The molecule has 176 valence electrons. The van der Waals surface area contributed by atoms with E-state index in [4.69, 9.17) is 0 Å². The number of halogens is 1. The summed E-state index contributed by atoms with van der Waals surface area (Å²) in [5, 5.41) is 24.1. The minimum atomic E-state index is -0.470. The van der Waals surface area contributed by atoms with Gasteiger partial charge in [-0.05, 0) is 61.0 Å². The summed E-state index contributed by atoms with van der Waals surface area (Å²) < 4.78 is 2.82. The molecule has 0 radical (unpaired) electrons. The number of hydrazone groups is 1. The molecule has 0 aliphatic carbocycles. The van der Waals surface area contributed by atoms with E-state index >= 15 is 0 Å². The predicted octanol–water partition coefficient (Wildman–Crippen LogP) is 4.63. The van der Waals surface area contributed by atoms with Crippen molar-refractivity contribution in [1.29, 1.82) is 0 Å². The number of nitrogens with zero attached hydrogens (tertiary/aromatic N) is 6. The lowest BCUT2D eigenvalue weighted by molar-refractivity contribution is -0.384. The van der Waals surface area contributed by atoms with Crippen LogP contribution < -0.4 is 5.43 Å². The van der Waals surface area contributed by atoms with E-state index in [1.165, 1.54) is 23.9 Å². The van der Waals surface area contributed by atoms with E-state index in [2.05, 4.69) is 41.6 Å². The molecule has 35 heavy (non-hydrogen) atoms. The zero-order valence-electron chi connectivity index (χ0n) is 18.3. The molecule has 2 aromatic heterocycles. The van der Waals surface area contributed by atoms with Crippen LogP contribution in [0.15, 0.2) is 87.8 Å². The summed E-state index contributed by atoms with van der Waals surface area (Å²) >= 11 is 4.67. The summed E-state index contributed by atoms with van der Waals surface area (Å²) in [4.78, 5) is 26.8. The number of benzene rings is 2. The van der Waals surface area contributed by atoms with E-state index < -0.39 is 4.92 Å². The minimum absolute atomic E-state index is 0.0111. The molecule has 0 atom stereocenters. The predicted molar refractivity (Wildman–Crippen MR) is 136 cm³/mol. The maximum atomic E-state index is 12.5. The number of carbonyl (C=O) groups excluding carboxylic acids is 1. The number of thioether (sulfide) groups is 1. The van der Waals surface area contributed by atoms with Crippen LogP contribution in [-0.2, 0) is 4.79 Å². The quantitative estimate of drug-likeness (QED) is 0.146. The second-order valence-electron chi connectivity index (χ2n) is 7.18. The van der Waals surface area contributed by atoms with Crippen molar-refractivity contribution in [3.63, 3.8) is 0 Å². The Hall–Kier alpha value is -3.90. The van der Waals surface area contributed by atoms with Crippen LogP contribution in [0, 0.1) is 10.1 Å². The van der Waals surface area contributed by atoms with Gasteiger partial charge in [-0.15, -0.1) is 10.2 Å². The molecular formula is C23H18BrN7O3S. The summed E-state index contributed by atoms with van der Waals surface area (Å²) in [7, 11) is 0. The first-order chi connectivity index (χ1) is 16.9. The molecule has 0 fully saturated rings. The lowest BCUT2D eigenvalue weighted by Crippen LogP contribution is -2.21. The van der Waals surface area contributed by atoms with Gasteiger partial charge in [0.1, 0.15) is 0 Å². The van der Waals surface area contributed by atoms with Gasteiger partial charge in [0.2, 0.25) is 0 Å². The summed E-state index contributed by atoms with van der Waals surface area (Å²) in [6.07, 6.45) is 3.36. The number of pyridine rings is 1. The van der Waals surface area contributed by atoms with Crippen molar-refractivity contribution >= 4 is 45.0 Å². The van der Waals surface area contributed by atoms with E-state index in [0.29, 0.717) is 22.3 Å². The zero-order valence-corrected chi connectivity index (χ0v) is 20.7. The van der Waals surface area contributed by atoms with Gasteiger partial charge in [0.15, 0.2) is 11.0 Å². The van der Waals surface area contributed by atoms with Crippen molar-refractivity contribution in [3.05, 3.63) is 93.2 Å². The molecule has 0 aliphatic heterocycles. The monoisotopic (exact) mass is 551 g/mol. The number of amides is 1. The van der Waals surface area contributed by atoms with Crippen LogP contribution in [0.25, 0.3) is 17.1 Å². The Bertz CT molecular complexity index is 1370. The SMILES string of the molecule is CC(=NNC(=O)CSc1nnc(-c2ccncc2)n1-c1ccc(Br)cc1)c1ccc([N+](=O)[O-])cc1. The van der Waals surface area contributed by atoms with Gasteiger partial charge >= 0.3 is 0 Å². The summed E-state index contributed by atoms with van der Waals surface area (Å²) in [6, 6.07) is 17.3.